The minimum Gasteiger partial charge on any atom is -0.497 e. The number of amides is 3. The molecule has 0 aromatic heterocycles. The molecule has 2 aliphatic rings. The molecule has 0 N–H and O–H groups in total. The third-order valence-electron chi connectivity index (χ3n) is 6.10. The molecule has 0 bridgehead atoms. The van der Waals surface area contributed by atoms with Gasteiger partial charge in [0.05, 0.1) is 19.9 Å². The minimum absolute atomic E-state index is 0.0123. The predicted octanol–water partition coefficient (Wildman–Crippen LogP) is 2.60. The molecule has 8 heteroatoms. The number of carbonyl (C=O) groups excluding carboxylic acids is 2. The van der Waals surface area contributed by atoms with Gasteiger partial charge in [0.2, 0.25) is 5.91 Å². The average molecular weight is 439 g/mol. The number of rotatable bonds is 6. The lowest BCUT2D eigenvalue weighted by atomic mass is 10.2. The van der Waals surface area contributed by atoms with Crippen molar-refractivity contribution >= 4 is 23.3 Å². The van der Waals surface area contributed by atoms with Gasteiger partial charge >= 0.3 is 6.03 Å². The summed E-state index contributed by atoms with van der Waals surface area (Å²) < 4.78 is 10.7. The molecular formula is C24H30N4O4. The summed E-state index contributed by atoms with van der Waals surface area (Å²) in [7, 11) is 3.16. The fourth-order valence-corrected chi connectivity index (χ4v) is 4.26. The minimum atomic E-state index is -0.191. The normalized spacial score (nSPS) is 16.5. The zero-order valence-electron chi connectivity index (χ0n) is 18.9. The Morgan fingerprint density at radius 2 is 1.72 bits per heavy atom. The number of carbonyl (C=O) groups is 2. The Bertz CT molecular complexity index is 988. The SMILES string of the molecule is COc1ccc(OC)c(N2CCN(CC(=O)N3CCN(c4cccc(C)c4)CC3)C2=O)c1. The fraction of sp³-hybridized carbons (Fsp3) is 0.417. The summed E-state index contributed by atoms with van der Waals surface area (Å²) in [5, 5.41) is 0. The van der Waals surface area contributed by atoms with E-state index in [4.69, 9.17) is 9.47 Å². The number of hydrogen-bond acceptors (Lipinski definition) is 5. The van der Waals surface area contributed by atoms with Crippen molar-refractivity contribution in [3.05, 3.63) is 48.0 Å². The molecule has 0 atom stereocenters. The molecular weight excluding hydrogens is 408 g/mol. The summed E-state index contributed by atoms with van der Waals surface area (Å²) in [4.78, 5) is 33.4. The van der Waals surface area contributed by atoms with Gasteiger partial charge in [0.25, 0.3) is 0 Å². The molecule has 8 nitrogen and oxygen atoms in total. The van der Waals surface area contributed by atoms with Crippen LogP contribution in [0.15, 0.2) is 42.5 Å². The summed E-state index contributed by atoms with van der Waals surface area (Å²) in [6.07, 6.45) is 0. The zero-order valence-corrected chi connectivity index (χ0v) is 18.9. The lowest BCUT2D eigenvalue weighted by Gasteiger charge is -2.36. The molecule has 0 saturated carbocycles. The molecule has 2 heterocycles. The van der Waals surface area contributed by atoms with Crippen molar-refractivity contribution in [2.75, 3.05) is 69.8 Å². The molecule has 2 aromatic carbocycles. The van der Waals surface area contributed by atoms with Gasteiger partial charge in [-0.1, -0.05) is 12.1 Å². The summed E-state index contributed by atoms with van der Waals surface area (Å²) in [6, 6.07) is 13.6. The van der Waals surface area contributed by atoms with Crippen LogP contribution in [0.25, 0.3) is 0 Å². The third kappa shape index (κ3) is 4.44. The Morgan fingerprint density at radius 1 is 0.938 bits per heavy atom. The number of nitrogens with zero attached hydrogens (tertiary/aromatic N) is 4. The van der Waals surface area contributed by atoms with Crippen LogP contribution < -0.4 is 19.3 Å². The highest BCUT2D eigenvalue weighted by molar-refractivity contribution is 5.98. The van der Waals surface area contributed by atoms with Gasteiger partial charge in [0.1, 0.15) is 18.0 Å². The van der Waals surface area contributed by atoms with Crippen LogP contribution in [0.2, 0.25) is 0 Å². The Morgan fingerprint density at radius 3 is 2.41 bits per heavy atom. The second kappa shape index (κ2) is 9.38. The molecule has 2 aromatic rings. The Hall–Kier alpha value is -3.42. The molecule has 0 radical (unpaired) electrons. The van der Waals surface area contributed by atoms with E-state index in [-0.39, 0.29) is 18.5 Å². The maximum absolute atomic E-state index is 13.0. The number of hydrogen-bond donors (Lipinski definition) is 0. The van der Waals surface area contributed by atoms with Crippen molar-refractivity contribution < 1.29 is 19.1 Å². The van der Waals surface area contributed by atoms with Gasteiger partial charge < -0.3 is 24.2 Å². The van der Waals surface area contributed by atoms with E-state index in [0.29, 0.717) is 43.4 Å². The number of ether oxygens (including phenoxy) is 2. The van der Waals surface area contributed by atoms with Crippen LogP contribution in [-0.4, -0.2) is 81.8 Å². The van der Waals surface area contributed by atoms with Crippen LogP contribution in [0.4, 0.5) is 16.2 Å². The lowest BCUT2D eigenvalue weighted by Crippen LogP contribution is -2.51. The number of urea groups is 1. The third-order valence-corrected chi connectivity index (χ3v) is 6.10. The molecule has 3 amide bonds. The summed E-state index contributed by atoms with van der Waals surface area (Å²) >= 11 is 0. The molecule has 2 aliphatic heterocycles. The highest BCUT2D eigenvalue weighted by atomic mass is 16.5. The van der Waals surface area contributed by atoms with Crippen LogP contribution in [0.5, 0.6) is 11.5 Å². The van der Waals surface area contributed by atoms with E-state index in [2.05, 4.69) is 36.1 Å². The number of methoxy groups -OCH3 is 2. The van der Waals surface area contributed by atoms with Gasteiger partial charge in [-0.25, -0.2) is 4.79 Å². The topological polar surface area (TPSA) is 65.6 Å². The quantitative estimate of drug-likeness (QED) is 0.694. The van der Waals surface area contributed by atoms with Crippen molar-refractivity contribution in [1.82, 2.24) is 9.80 Å². The number of benzene rings is 2. The Labute approximate surface area is 188 Å². The van der Waals surface area contributed by atoms with Gasteiger partial charge in [0, 0.05) is 51.0 Å². The highest BCUT2D eigenvalue weighted by Crippen LogP contribution is 2.34. The smallest absolute Gasteiger partial charge is 0.325 e. The molecule has 170 valence electrons. The van der Waals surface area contributed by atoms with E-state index in [1.165, 1.54) is 11.3 Å². The van der Waals surface area contributed by atoms with Gasteiger partial charge in [0.15, 0.2) is 0 Å². The second-order valence-electron chi connectivity index (χ2n) is 8.10. The summed E-state index contributed by atoms with van der Waals surface area (Å²) in [6.45, 7) is 6.05. The van der Waals surface area contributed by atoms with Crippen molar-refractivity contribution in [1.29, 1.82) is 0 Å². The van der Waals surface area contributed by atoms with E-state index in [0.717, 1.165) is 13.1 Å². The van der Waals surface area contributed by atoms with Crippen LogP contribution in [-0.2, 0) is 4.79 Å². The van der Waals surface area contributed by atoms with E-state index in [9.17, 15) is 9.59 Å². The van der Waals surface area contributed by atoms with Crippen LogP contribution in [0.3, 0.4) is 0 Å². The molecule has 4 rings (SSSR count). The van der Waals surface area contributed by atoms with E-state index in [1.54, 1.807) is 42.2 Å². The lowest BCUT2D eigenvalue weighted by molar-refractivity contribution is -0.131. The molecule has 0 unspecified atom stereocenters. The van der Waals surface area contributed by atoms with E-state index in [1.807, 2.05) is 4.90 Å². The monoisotopic (exact) mass is 438 g/mol. The molecule has 2 fully saturated rings. The van der Waals surface area contributed by atoms with E-state index >= 15 is 0 Å². The maximum Gasteiger partial charge on any atom is 0.325 e. The number of anilines is 2. The Kier molecular flexibility index (Phi) is 6.39. The largest absolute Gasteiger partial charge is 0.497 e. The van der Waals surface area contributed by atoms with Crippen molar-refractivity contribution in [3.8, 4) is 11.5 Å². The van der Waals surface area contributed by atoms with Gasteiger partial charge in [-0.05, 0) is 36.8 Å². The first-order valence-corrected chi connectivity index (χ1v) is 10.9. The first kappa shape index (κ1) is 21.8. The van der Waals surface area contributed by atoms with Gasteiger partial charge in [-0.2, -0.15) is 0 Å². The summed E-state index contributed by atoms with van der Waals surface area (Å²) in [5.41, 5.74) is 3.07. The van der Waals surface area contributed by atoms with Crippen molar-refractivity contribution in [2.45, 2.75) is 6.92 Å². The first-order chi connectivity index (χ1) is 15.5. The number of piperazine rings is 1. The average Bonchev–Trinajstić information content (AvgIpc) is 3.18. The van der Waals surface area contributed by atoms with Crippen LogP contribution in [0.1, 0.15) is 5.56 Å². The Balaban J connectivity index is 1.35. The zero-order chi connectivity index (χ0) is 22.7. The number of aryl methyl sites for hydroxylation is 1. The fourth-order valence-electron chi connectivity index (χ4n) is 4.26. The molecule has 0 aliphatic carbocycles. The van der Waals surface area contributed by atoms with Crippen LogP contribution >= 0.6 is 0 Å². The molecule has 0 spiro atoms. The maximum atomic E-state index is 13.0. The predicted molar refractivity (Wildman–Crippen MR) is 124 cm³/mol. The van der Waals surface area contributed by atoms with Crippen molar-refractivity contribution in [2.24, 2.45) is 0 Å². The second-order valence-corrected chi connectivity index (χ2v) is 8.10. The molecule has 2 saturated heterocycles. The van der Waals surface area contributed by atoms with Gasteiger partial charge in [-0.3, -0.25) is 9.69 Å². The van der Waals surface area contributed by atoms with Crippen molar-refractivity contribution in [3.63, 3.8) is 0 Å². The first-order valence-electron chi connectivity index (χ1n) is 10.9. The standard InChI is InChI=1S/C24H30N4O4/c1-18-5-4-6-19(15-18)25-9-11-26(12-10-25)23(29)17-27-13-14-28(24(27)30)21-16-20(31-2)7-8-22(21)32-3/h4-8,15-16H,9-14,17H2,1-3H3. The van der Waals surface area contributed by atoms with Gasteiger partial charge in [-0.15, -0.1) is 0 Å². The highest BCUT2D eigenvalue weighted by Gasteiger charge is 2.34. The van der Waals surface area contributed by atoms with Crippen LogP contribution in [0, 0.1) is 6.92 Å². The molecule has 32 heavy (non-hydrogen) atoms. The van der Waals surface area contributed by atoms with E-state index < -0.39 is 0 Å². The summed E-state index contributed by atoms with van der Waals surface area (Å²) in [5.74, 6) is 1.23.